The summed E-state index contributed by atoms with van der Waals surface area (Å²) in [5, 5.41) is 14.0. The van der Waals surface area contributed by atoms with E-state index in [1.54, 1.807) is 18.4 Å². The second-order valence-corrected chi connectivity index (χ2v) is 4.24. The van der Waals surface area contributed by atoms with E-state index < -0.39 is 4.92 Å². The first-order valence-corrected chi connectivity index (χ1v) is 6.24. The topological polar surface area (TPSA) is 68.3 Å². The molecular weight excluding hydrogens is 244 g/mol. The van der Waals surface area contributed by atoms with Gasteiger partial charge in [0, 0.05) is 17.7 Å². The van der Waals surface area contributed by atoms with Crippen LogP contribution in [0.25, 0.3) is 11.1 Å². The molecule has 100 valence electrons. The zero-order valence-electron chi connectivity index (χ0n) is 10.8. The van der Waals surface area contributed by atoms with Crippen molar-refractivity contribution in [2.45, 2.75) is 19.9 Å². The summed E-state index contributed by atoms with van der Waals surface area (Å²) >= 11 is 0. The summed E-state index contributed by atoms with van der Waals surface area (Å²) in [6, 6.07) is 8.42. The Morgan fingerprint density at radius 1 is 1.37 bits per heavy atom. The molecule has 0 atom stereocenters. The van der Waals surface area contributed by atoms with Crippen LogP contribution in [0.5, 0.6) is 0 Å². The molecule has 1 N–H and O–H groups in total. The molecule has 2 rings (SSSR count). The average Bonchev–Trinajstić information content (AvgIpc) is 2.87. The van der Waals surface area contributed by atoms with Gasteiger partial charge in [0.25, 0.3) is 5.69 Å². The van der Waals surface area contributed by atoms with Crippen LogP contribution in [0, 0.1) is 10.1 Å². The Morgan fingerprint density at radius 3 is 2.95 bits per heavy atom. The van der Waals surface area contributed by atoms with E-state index in [1.807, 2.05) is 12.1 Å². The van der Waals surface area contributed by atoms with Crippen LogP contribution >= 0.6 is 0 Å². The third kappa shape index (κ3) is 3.20. The highest BCUT2D eigenvalue weighted by molar-refractivity contribution is 5.67. The third-order valence-corrected chi connectivity index (χ3v) is 2.83. The summed E-state index contributed by atoms with van der Waals surface area (Å²) < 4.78 is 5.43. The molecule has 1 aromatic carbocycles. The van der Waals surface area contributed by atoms with Crippen molar-refractivity contribution in [2.75, 3.05) is 6.54 Å². The second kappa shape index (κ2) is 6.15. The van der Waals surface area contributed by atoms with Gasteiger partial charge in [0.15, 0.2) is 0 Å². The van der Waals surface area contributed by atoms with E-state index >= 15 is 0 Å². The fourth-order valence-electron chi connectivity index (χ4n) is 1.90. The molecule has 0 saturated carbocycles. The highest BCUT2D eigenvalue weighted by Crippen LogP contribution is 2.27. The monoisotopic (exact) mass is 260 g/mol. The van der Waals surface area contributed by atoms with Gasteiger partial charge in [0.2, 0.25) is 0 Å². The normalized spacial score (nSPS) is 10.6. The molecule has 1 heterocycles. The Kier molecular flexibility index (Phi) is 4.30. The van der Waals surface area contributed by atoms with Crippen LogP contribution in [0.3, 0.4) is 0 Å². The lowest BCUT2D eigenvalue weighted by Gasteiger charge is -2.04. The van der Waals surface area contributed by atoms with Crippen LogP contribution in [0.4, 0.5) is 5.69 Å². The van der Waals surface area contributed by atoms with Gasteiger partial charge in [-0.2, -0.15) is 0 Å². The van der Waals surface area contributed by atoms with Crippen LogP contribution in [0.2, 0.25) is 0 Å². The van der Waals surface area contributed by atoms with E-state index in [1.165, 1.54) is 6.07 Å². The van der Waals surface area contributed by atoms with Crippen LogP contribution < -0.4 is 5.32 Å². The highest BCUT2D eigenvalue weighted by Gasteiger charge is 2.12. The molecule has 0 aliphatic heterocycles. The fourth-order valence-corrected chi connectivity index (χ4v) is 1.90. The number of nitrogens with one attached hydrogen (secondary N) is 1. The molecule has 0 saturated heterocycles. The van der Waals surface area contributed by atoms with Crippen molar-refractivity contribution in [1.29, 1.82) is 0 Å². The van der Waals surface area contributed by atoms with Crippen LogP contribution in [-0.4, -0.2) is 11.5 Å². The van der Waals surface area contributed by atoms with Gasteiger partial charge >= 0.3 is 0 Å². The molecule has 0 aliphatic rings. The van der Waals surface area contributed by atoms with E-state index in [4.69, 9.17) is 4.42 Å². The fraction of sp³-hybridized carbons (Fsp3) is 0.286. The first kappa shape index (κ1) is 13.3. The Bertz CT molecular complexity index is 563. The molecule has 0 aliphatic carbocycles. The standard InChI is InChI=1S/C14H16N2O3/c1-2-7-15-10-14-13(6-8-19-14)11-4-3-5-12(9-11)16(17)18/h3-6,8-9,15H,2,7,10H2,1H3. The van der Waals surface area contributed by atoms with Crippen molar-refractivity contribution in [1.82, 2.24) is 5.32 Å². The summed E-state index contributed by atoms with van der Waals surface area (Å²) in [6.45, 7) is 3.63. The van der Waals surface area contributed by atoms with Gasteiger partial charge in [-0.05, 0) is 24.6 Å². The lowest BCUT2D eigenvalue weighted by atomic mass is 10.1. The first-order chi connectivity index (χ1) is 9.22. The smallest absolute Gasteiger partial charge is 0.270 e. The molecule has 0 bridgehead atoms. The summed E-state index contributed by atoms with van der Waals surface area (Å²) in [5.74, 6) is 0.800. The number of nitrogens with zero attached hydrogens (tertiary/aromatic N) is 1. The van der Waals surface area contributed by atoms with Crippen molar-refractivity contribution in [3.05, 3.63) is 52.5 Å². The first-order valence-electron chi connectivity index (χ1n) is 6.24. The SMILES string of the molecule is CCCNCc1occc1-c1cccc([N+](=O)[O-])c1. The van der Waals surface area contributed by atoms with Crippen molar-refractivity contribution in [2.24, 2.45) is 0 Å². The number of non-ortho nitro benzene ring substituents is 1. The van der Waals surface area contributed by atoms with Gasteiger partial charge in [-0.25, -0.2) is 0 Å². The van der Waals surface area contributed by atoms with Crippen molar-refractivity contribution < 1.29 is 9.34 Å². The largest absolute Gasteiger partial charge is 0.467 e. The predicted molar refractivity (Wildman–Crippen MR) is 72.8 cm³/mol. The van der Waals surface area contributed by atoms with E-state index in [0.717, 1.165) is 29.9 Å². The minimum atomic E-state index is -0.390. The van der Waals surface area contributed by atoms with Gasteiger partial charge < -0.3 is 9.73 Å². The van der Waals surface area contributed by atoms with Gasteiger partial charge in [0.05, 0.1) is 17.7 Å². The third-order valence-electron chi connectivity index (χ3n) is 2.83. The molecule has 5 nitrogen and oxygen atoms in total. The van der Waals surface area contributed by atoms with Crippen molar-refractivity contribution in [3.8, 4) is 11.1 Å². The number of furan rings is 1. The molecule has 2 aromatic rings. The van der Waals surface area contributed by atoms with E-state index in [2.05, 4.69) is 12.2 Å². The van der Waals surface area contributed by atoms with Gasteiger partial charge in [-0.1, -0.05) is 19.1 Å². The Labute approximate surface area is 111 Å². The number of benzene rings is 1. The molecule has 19 heavy (non-hydrogen) atoms. The average molecular weight is 260 g/mol. The number of nitro groups is 1. The van der Waals surface area contributed by atoms with Crippen LogP contribution in [-0.2, 0) is 6.54 Å². The lowest BCUT2D eigenvalue weighted by Crippen LogP contribution is -2.13. The summed E-state index contributed by atoms with van der Waals surface area (Å²) in [5.41, 5.74) is 1.79. The number of rotatable bonds is 6. The van der Waals surface area contributed by atoms with Crippen LogP contribution in [0.15, 0.2) is 41.0 Å². The van der Waals surface area contributed by atoms with E-state index in [9.17, 15) is 10.1 Å². The number of hydrogen-bond acceptors (Lipinski definition) is 4. The lowest BCUT2D eigenvalue weighted by molar-refractivity contribution is -0.384. The quantitative estimate of drug-likeness (QED) is 0.491. The van der Waals surface area contributed by atoms with Gasteiger partial charge in [0.1, 0.15) is 5.76 Å². The van der Waals surface area contributed by atoms with Gasteiger partial charge in [-0.15, -0.1) is 0 Å². The van der Waals surface area contributed by atoms with Crippen molar-refractivity contribution >= 4 is 5.69 Å². The molecular formula is C14H16N2O3. The maximum Gasteiger partial charge on any atom is 0.270 e. The zero-order valence-corrected chi connectivity index (χ0v) is 10.8. The zero-order chi connectivity index (χ0) is 13.7. The van der Waals surface area contributed by atoms with Gasteiger partial charge in [-0.3, -0.25) is 10.1 Å². The minimum absolute atomic E-state index is 0.0890. The molecule has 0 unspecified atom stereocenters. The highest BCUT2D eigenvalue weighted by atomic mass is 16.6. The molecule has 0 amide bonds. The Hall–Kier alpha value is -2.14. The summed E-state index contributed by atoms with van der Waals surface area (Å²) in [4.78, 5) is 10.4. The Balaban J connectivity index is 2.24. The van der Waals surface area contributed by atoms with E-state index in [0.29, 0.717) is 6.54 Å². The summed E-state index contributed by atoms with van der Waals surface area (Å²) in [7, 11) is 0. The minimum Gasteiger partial charge on any atom is -0.467 e. The molecule has 0 radical (unpaired) electrons. The molecule has 0 spiro atoms. The second-order valence-electron chi connectivity index (χ2n) is 4.24. The maximum absolute atomic E-state index is 10.8. The van der Waals surface area contributed by atoms with E-state index in [-0.39, 0.29) is 5.69 Å². The van der Waals surface area contributed by atoms with Crippen molar-refractivity contribution in [3.63, 3.8) is 0 Å². The van der Waals surface area contributed by atoms with Crippen LogP contribution in [0.1, 0.15) is 19.1 Å². The maximum atomic E-state index is 10.8. The number of nitro benzene ring substituents is 1. The summed E-state index contributed by atoms with van der Waals surface area (Å²) in [6.07, 6.45) is 2.66. The predicted octanol–water partition coefficient (Wildman–Crippen LogP) is 3.35. The molecule has 5 heteroatoms. The number of hydrogen-bond donors (Lipinski definition) is 1. The molecule has 1 aromatic heterocycles. The molecule has 0 fully saturated rings. The Morgan fingerprint density at radius 2 is 2.21 bits per heavy atom.